The molecular formula is C31H38N6O5. The molecule has 0 spiro atoms. The van der Waals surface area contributed by atoms with E-state index in [1.807, 2.05) is 48.7 Å². The predicted octanol–water partition coefficient (Wildman–Crippen LogP) is 4.06. The van der Waals surface area contributed by atoms with Gasteiger partial charge in [-0.1, -0.05) is 30.3 Å². The number of fused-ring (bicyclic) bond motifs is 1. The molecule has 1 aromatic carbocycles. The van der Waals surface area contributed by atoms with Crippen LogP contribution in [-0.2, 0) is 29.1 Å². The van der Waals surface area contributed by atoms with Gasteiger partial charge in [0.1, 0.15) is 11.8 Å². The Kier molecular flexibility index (Phi) is 8.48. The molecule has 0 amide bonds. The van der Waals surface area contributed by atoms with Gasteiger partial charge in [-0.3, -0.25) is 13.9 Å². The Morgan fingerprint density at radius 1 is 1.00 bits per heavy atom. The maximum Gasteiger partial charge on any atom is 0.332 e. The summed E-state index contributed by atoms with van der Waals surface area (Å²) in [5, 5.41) is 0. The monoisotopic (exact) mass is 574 g/mol. The van der Waals surface area contributed by atoms with E-state index in [2.05, 4.69) is 4.98 Å². The number of aryl methyl sites for hydroxylation is 2. The first-order chi connectivity index (χ1) is 20.5. The topological polar surface area (TPSA) is 115 Å². The molecule has 0 N–H and O–H groups in total. The Hall–Kier alpha value is -3.83. The lowest BCUT2D eigenvalue weighted by Gasteiger charge is -2.25. The number of nitrogens with zero attached hydrogens (tertiary/aromatic N) is 6. The lowest BCUT2D eigenvalue weighted by Crippen LogP contribution is -2.40. The fourth-order valence-electron chi connectivity index (χ4n) is 5.55. The van der Waals surface area contributed by atoms with Crippen molar-refractivity contribution in [3.8, 4) is 17.4 Å². The summed E-state index contributed by atoms with van der Waals surface area (Å²) in [6.45, 7) is 5.83. The van der Waals surface area contributed by atoms with Crippen molar-refractivity contribution < 1.29 is 14.2 Å². The third-order valence-electron chi connectivity index (χ3n) is 8.06. The minimum absolute atomic E-state index is 0.185. The minimum atomic E-state index is -0.383. The van der Waals surface area contributed by atoms with Crippen molar-refractivity contribution in [1.82, 2.24) is 28.7 Å². The summed E-state index contributed by atoms with van der Waals surface area (Å²) < 4.78 is 22.2. The molecule has 1 saturated carbocycles. The normalized spacial score (nSPS) is 17.4. The molecule has 1 aliphatic carbocycles. The number of hydrogen-bond acceptors (Lipinski definition) is 8. The Morgan fingerprint density at radius 2 is 1.83 bits per heavy atom. The third kappa shape index (κ3) is 5.76. The second-order valence-electron chi connectivity index (χ2n) is 11.0. The lowest BCUT2D eigenvalue weighted by atomic mass is 9.96. The highest BCUT2D eigenvalue weighted by molar-refractivity contribution is 5.77. The van der Waals surface area contributed by atoms with Crippen LogP contribution in [0.2, 0.25) is 0 Å². The molecule has 222 valence electrons. The molecule has 4 heterocycles. The van der Waals surface area contributed by atoms with E-state index in [-0.39, 0.29) is 30.2 Å². The summed E-state index contributed by atoms with van der Waals surface area (Å²) in [6, 6.07) is 9.88. The van der Waals surface area contributed by atoms with Crippen LogP contribution < -0.4 is 16.0 Å². The maximum atomic E-state index is 14.0. The number of benzene rings is 1. The molecule has 1 atom stereocenters. The first kappa shape index (κ1) is 28.3. The molecule has 1 saturated heterocycles. The molecule has 3 aromatic heterocycles. The molecule has 1 unspecified atom stereocenters. The largest absolute Gasteiger partial charge is 0.473 e. The second-order valence-corrected chi connectivity index (χ2v) is 11.0. The van der Waals surface area contributed by atoms with E-state index in [1.54, 1.807) is 10.8 Å². The first-order valence-corrected chi connectivity index (χ1v) is 15.0. The molecule has 6 rings (SSSR count). The van der Waals surface area contributed by atoms with E-state index < -0.39 is 0 Å². The van der Waals surface area contributed by atoms with Crippen LogP contribution in [0.1, 0.15) is 63.1 Å². The second kappa shape index (κ2) is 12.6. The van der Waals surface area contributed by atoms with Crippen molar-refractivity contribution in [2.75, 3.05) is 13.2 Å². The van der Waals surface area contributed by atoms with Gasteiger partial charge >= 0.3 is 5.69 Å². The summed E-state index contributed by atoms with van der Waals surface area (Å²) in [5.74, 6) is 0.976. The average Bonchev–Trinajstić information content (AvgIpc) is 3.34. The average molecular weight is 575 g/mol. The molecule has 0 radical (unpaired) electrons. The van der Waals surface area contributed by atoms with Crippen LogP contribution >= 0.6 is 0 Å². The molecule has 11 heteroatoms. The lowest BCUT2D eigenvalue weighted by molar-refractivity contribution is -0.163. The molecule has 1 aliphatic heterocycles. The van der Waals surface area contributed by atoms with Crippen LogP contribution in [0, 0.1) is 6.92 Å². The minimum Gasteiger partial charge on any atom is -0.473 e. The molecule has 0 bridgehead atoms. The van der Waals surface area contributed by atoms with Crippen molar-refractivity contribution in [2.24, 2.45) is 0 Å². The Bertz CT molecular complexity index is 1650. The molecule has 4 aromatic rings. The number of imidazole rings is 1. The van der Waals surface area contributed by atoms with Crippen molar-refractivity contribution in [1.29, 1.82) is 0 Å². The number of rotatable bonds is 11. The molecular weight excluding hydrogens is 536 g/mol. The Morgan fingerprint density at radius 3 is 2.52 bits per heavy atom. The van der Waals surface area contributed by atoms with Gasteiger partial charge in [-0.05, 0) is 64.4 Å². The van der Waals surface area contributed by atoms with Gasteiger partial charge < -0.3 is 18.8 Å². The van der Waals surface area contributed by atoms with E-state index >= 15 is 0 Å². The van der Waals surface area contributed by atoms with Crippen LogP contribution in [0.5, 0.6) is 5.88 Å². The zero-order valence-electron chi connectivity index (χ0n) is 24.3. The predicted molar refractivity (Wildman–Crippen MR) is 158 cm³/mol. The highest BCUT2D eigenvalue weighted by Gasteiger charge is 2.25. The Balaban J connectivity index is 1.40. The highest BCUT2D eigenvalue weighted by Crippen LogP contribution is 2.28. The summed E-state index contributed by atoms with van der Waals surface area (Å²) in [6.07, 6.45) is 8.31. The van der Waals surface area contributed by atoms with E-state index in [0.29, 0.717) is 67.0 Å². The van der Waals surface area contributed by atoms with Crippen molar-refractivity contribution in [2.45, 2.75) is 90.8 Å². The molecule has 11 nitrogen and oxygen atoms in total. The fourth-order valence-corrected chi connectivity index (χ4v) is 5.55. The molecule has 42 heavy (non-hydrogen) atoms. The van der Waals surface area contributed by atoms with Gasteiger partial charge in [0.2, 0.25) is 5.88 Å². The number of ether oxygens (including phenoxy) is 3. The quantitative estimate of drug-likeness (QED) is 0.246. The van der Waals surface area contributed by atoms with Gasteiger partial charge in [0.15, 0.2) is 23.3 Å². The summed E-state index contributed by atoms with van der Waals surface area (Å²) in [4.78, 5) is 41.8. The van der Waals surface area contributed by atoms with Crippen LogP contribution in [-0.4, -0.2) is 54.3 Å². The van der Waals surface area contributed by atoms with Crippen molar-refractivity contribution in [3.63, 3.8) is 0 Å². The smallest absolute Gasteiger partial charge is 0.332 e. The first-order valence-electron chi connectivity index (χ1n) is 15.0. The number of hydrogen-bond donors (Lipinski definition) is 0. The number of aromatic nitrogens is 6. The SMILES string of the molecule is CCn1c(=O)n(CCCOC2CCCCO2)c(=O)c2c1nc(-c1ncc(OC3CCC3)nc1C)n2Cc1ccccc1. The maximum absolute atomic E-state index is 14.0. The van der Waals surface area contributed by atoms with Crippen LogP contribution in [0.4, 0.5) is 0 Å². The van der Waals surface area contributed by atoms with E-state index in [4.69, 9.17) is 24.2 Å². The summed E-state index contributed by atoms with van der Waals surface area (Å²) in [5.41, 5.74) is 2.13. The van der Waals surface area contributed by atoms with Gasteiger partial charge in [0, 0.05) is 26.2 Å². The van der Waals surface area contributed by atoms with Gasteiger partial charge in [-0.25, -0.2) is 19.7 Å². The zero-order valence-corrected chi connectivity index (χ0v) is 24.3. The van der Waals surface area contributed by atoms with E-state index in [9.17, 15) is 9.59 Å². The van der Waals surface area contributed by atoms with Gasteiger partial charge in [-0.2, -0.15) is 0 Å². The van der Waals surface area contributed by atoms with Crippen LogP contribution in [0.15, 0.2) is 46.1 Å². The van der Waals surface area contributed by atoms with E-state index in [0.717, 1.165) is 44.1 Å². The van der Waals surface area contributed by atoms with Gasteiger partial charge in [-0.15, -0.1) is 0 Å². The zero-order chi connectivity index (χ0) is 29.1. The Labute approximate surface area is 244 Å². The van der Waals surface area contributed by atoms with Gasteiger partial charge in [0.05, 0.1) is 18.5 Å². The van der Waals surface area contributed by atoms with Crippen LogP contribution in [0.3, 0.4) is 0 Å². The molecule has 2 fully saturated rings. The van der Waals surface area contributed by atoms with Crippen LogP contribution in [0.25, 0.3) is 22.7 Å². The van der Waals surface area contributed by atoms with Crippen molar-refractivity contribution in [3.05, 3.63) is 68.6 Å². The highest BCUT2D eigenvalue weighted by atomic mass is 16.7. The third-order valence-corrected chi connectivity index (χ3v) is 8.06. The summed E-state index contributed by atoms with van der Waals surface area (Å²) in [7, 11) is 0. The standard InChI is InChI=1S/C31H38N6O5/c1-3-35-29-27(30(38)36(31(35)39)16-10-18-41-25-15-7-8-17-40-25)37(20-22-11-5-4-6-12-22)28(34-29)26-21(2)33-24(19-32-26)42-23-13-9-14-23/h4-6,11-12,19,23,25H,3,7-10,13-18,20H2,1-2H3. The summed E-state index contributed by atoms with van der Waals surface area (Å²) >= 11 is 0. The fraction of sp³-hybridized carbons (Fsp3) is 0.516. The molecule has 2 aliphatic rings. The van der Waals surface area contributed by atoms with Gasteiger partial charge in [0.25, 0.3) is 5.56 Å². The van der Waals surface area contributed by atoms with Crippen molar-refractivity contribution >= 4 is 11.2 Å². The van der Waals surface area contributed by atoms with E-state index in [1.165, 1.54) is 4.57 Å².